The molecule has 2 aromatic rings. The Morgan fingerprint density at radius 1 is 1.10 bits per heavy atom. The summed E-state index contributed by atoms with van der Waals surface area (Å²) in [7, 11) is 0. The SMILES string of the molecule is CCCc1noc(CCCC(=O)N2CCN(CC(=O)Nc3c(C)cccc3C)CC2)n1. The molecule has 8 heteroatoms. The fourth-order valence-corrected chi connectivity index (χ4v) is 3.81. The van der Waals surface area contributed by atoms with Gasteiger partial charge in [-0.25, -0.2) is 0 Å². The van der Waals surface area contributed by atoms with Gasteiger partial charge in [-0.15, -0.1) is 0 Å². The minimum Gasteiger partial charge on any atom is -0.340 e. The second-order valence-electron chi connectivity index (χ2n) is 8.18. The summed E-state index contributed by atoms with van der Waals surface area (Å²) in [6.07, 6.45) is 3.59. The van der Waals surface area contributed by atoms with E-state index in [1.54, 1.807) is 0 Å². The number of nitrogens with one attached hydrogen (secondary N) is 1. The normalized spacial score (nSPS) is 14.6. The van der Waals surface area contributed by atoms with Crippen molar-refractivity contribution >= 4 is 17.5 Å². The van der Waals surface area contributed by atoms with Crippen LogP contribution in [0, 0.1) is 13.8 Å². The lowest BCUT2D eigenvalue weighted by Crippen LogP contribution is -2.50. The molecule has 2 amide bonds. The van der Waals surface area contributed by atoms with Gasteiger partial charge >= 0.3 is 0 Å². The van der Waals surface area contributed by atoms with Gasteiger partial charge < -0.3 is 14.7 Å². The highest BCUT2D eigenvalue weighted by molar-refractivity contribution is 5.93. The van der Waals surface area contributed by atoms with Crippen LogP contribution < -0.4 is 5.32 Å². The van der Waals surface area contributed by atoms with Gasteiger partial charge in [-0.1, -0.05) is 30.3 Å². The molecule has 3 rings (SSSR count). The quantitative estimate of drug-likeness (QED) is 0.662. The summed E-state index contributed by atoms with van der Waals surface area (Å²) >= 11 is 0. The lowest BCUT2D eigenvalue weighted by molar-refractivity contribution is -0.133. The molecule has 0 unspecified atom stereocenters. The second kappa shape index (κ2) is 11.0. The van der Waals surface area contributed by atoms with Crippen LogP contribution in [0.1, 0.15) is 49.0 Å². The molecule has 168 valence electrons. The molecule has 1 aromatic heterocycles. The van der Waals surface area contributed by atoms with Crippen molar-refractivity contribution in [3.8, 4) is 0 Å². The van der Waals surface area contributed by atoms with Crippen LogP contribution in [-0.4, -0.2) is 64.5 Å². The van der Waals surface area contributed by atoms with Crippen LogP contribution in [0.15, 0.2) is 22.7 Å². The van der Waals surface area contributed by atoms with E-state index in [0.717, 1.165) is 35.5 Å². The Kier molecular flexibility index (Phi) is 8.17. The number of nitrogens with zero attached hydrogens (tertiary/aromatic N) is 4. The number of para-hydroxylation sites is 1. The highest BCUT2D eigenvalue weighted by atomic mass is 16.5. The summed E-state index contributed by atoms with van der Waals surface area (Å²) in [6.45, 7) is 9.11. The zero-order valence-electron chi connectivity index (χ0n) is 18.8. The molecule has 0 radical (unpaired) electrons. The van der Waals surface area contributed by atoms with Crippen LogP contribution in [-0.2, 0) is 22.4 Å². The largest absolute Gasteiger partial charge is 0.340 e. The zero-order chi connectivity index (χ0) is 22.2. The van der Waals surface area contributed by atoms with Crippen LogP contribution >= 0.6 is 0 Å². The highest BCUT2D eigenvalue weighted by Gasteiger charge is 2.22. The third kappa shape index (κ3) is 6.62. The van der Waals surface area contributed by atoms with Gasteiger partial charge in [-0.2, -0.15) is 4.98 Å². The molecule has 1 aliphatic rings. The first kappa shape index (κ1) is 22.9. The molecule has 31 heavy (non-hydrogen) atoms. The van der Waals surface area contributed by atoms with Crippen LogP contribution in [0.25, 0.3) is 0 Å². The summed E-state index contributed by atoms with van der Waals surface area (Å²) in [5.74, 6) is 1.48. The maximum absolute atomic E-state index is 12.5. The average molecular weight is 428 g/mol. The molecule has 1 fully saturated rings. The van der Waals surface area contributed by atoms with E-state index in [2.05, 4.69) is 27.3 Å². The van der Waals surface area contributed by atoms with E-state index in [1.807, 2.05) is 36.9 Å². The van der Waals surface area contributed by atoms with Gasteiger partial charge in [-0.3, -0.25) is 14.5 Å². The number of anilines is 1. The Balaban J connectivity index is 1.36. The number of aryl methyl sites for hydroxylation is 4. The molecule has 0 aliphatic carbocycles. The van der Waals surface area contributed by atoms with E-state index in [4.69, 9.17) is 4.52 Å². The molecule has 0 spiro atoms. The van der Waals surface area contributed by atoms with Gasteiger partial charge in [0.15, 0.2) is 5.82 Å². The molecule has 2 heterocycles. The number of carbonyl (C=O) groups is 2. The lowest BCUT2D eigenvalue weighted by Gasteiger charge is -2.34. The van der Waals surface area contributed by atoms with Crippen molar-refractivity contribution in [1.82, 2.24) is 19.9 Å². The van der Waals surface area contributed by atoms with Crippen molar-refractivity contribution in [1.29, 1.82) is 0 Å². The van der Waals surface area contributed by atoms with Crippen LogP contribution in [0.5, 0.6) is 0 Å². The smallest absolute Gasteiger partial charge is 0.238 e. The average Bonchev–Trinajstić information content (AvgIpc) is 3.19. The number of carbonyl (C=O) groups excluding carboxylic acids is 2. The van der Waals surface area contributed by atoms with Crippen LogP contribution in [0.3, 0.4) is 0 Å². The number of piperazine rings is 1. The molecule has 1 saturated heterocycles. The van der Waals surface area contributed by atoms with E-state index >= 15 is 0 Å². The maximum atomic E-state index is 12.5. The number of rotatable bonds is 9. The summed E-state index contributed by atoms with van der Waals surface area (Å²) in [5.41, 5.74) is 3.01. The van der Waals surface area contributed by atoms with Gasteiger partial charge in [0.25, 0.3) is 0 Å². The zero-order valence-corrected chi connectivity index (χ0v) is 18.8. The first-order valence-electron chi connectivity index (χ1n) is 11.1. The Labute approximate surface area is 184 Å². The van der Waals surface area contributed by atoms with Crippen molar-refractivity contribution in [2.75, 3.05) is 38.0 Å². The van der Waals surface area contributed by atoms with Gasteiger partial charge in [0.1, 0.15) is 0 Å². The Bertz CT molecular complexity index is 867. The van der Waals surface area contributed by atoms with Crippen molar-refractivity contribution < 1.29 is 14.1 Å². The second-order valence-corrected chi connectivity index (χ2v) is 8.18. The molecule has 8 nitrogen and oxygen atoms in total. The number of amides is 2. The standard InChI is InChI=1S/C23H33N5O3/c1-4-7-19-24-21(31-26-19)10-6-11-22(30)28-14-12-27(13-15-28)16-20(29)25-23-17(2)8-5-9-18(23)3/h5,8-9H,4,6-7,10-16H2,1-3H3,(H,25,29). The molecule has 0 saturated carbocycles. The fraction of sp³-hybridized carbons (Fsp3) is 0.565. The summed E-state index contributed by atoms with van der Waals surface area (Å²) in [6, 6.07) is 5.98. The summed E-state index contributed by atoms with van der Waals surface area (Å²) < 4.78 is 5.22. The van der Waals surface area contributed by atoms with Crippen molar-refractivity contribution in [3.05, 3.63) is 41.0 Å². The minimum atomic E-state index is -0.0147. The monoisotopic (exact) mass is 427 g/mol. The van der Waals surface area contributed by atoms with E-state index in [0.29, 0.717) is 57.9 Å². The Morgan fingerprint density at radius 3 is 2.48 bits per heavy atom. The van der Waals surface area contributed by atoms with Crippen LogP contribution in [0.4, 0.5) is 5.69 Å². The molecule has 1 aromatic carbocycles. The Hall–Kier alpha value is -2.74. The predicted molar refractivity (Wildman–Crippen MR) is 119 cm³/mol. The Morgan fingerprint density at radius 2 is 1.81 bits per heavy atom. The first-order valence-corrected chi connectivity index (χ1v) is 11.1. The maximum Gasteiger partial charge on any atom is 0.238 e. The molecule has 0 bridgehead atoms. The third-order valence-corrected chi connectivity index (χ3v) is 5.60. The highest BCUT2D eigenvalue weighted by Crippen LogP contribution is 2.19. The first-order chi connectivity index (χ1) is 15.0. The third-order valence-electron chi connectivity index (χ3n) is 5.60. The van der Waals surface area contributed by atoms with Crippen molar-refractivity contribution in [2.24, 2.45) is 0 Å². The number of hydrogen-bond acceptors (Lipinski definition) is 6. The van der Waals surface area contributed by atoms with E-state index in [9.17, 15) is 9.59 Å². The molecular weight excluding hydrogens is 394 g/mol. The van der Waals surface area contributed by atoms with Gasteiger partial charge in [0.05, 0.1) is 6.54 Å². The summed E-state index contributed by atoms with van der Waals surface area (Å²) in [5, 5.41) is 6.97. The number of aromatic nitrogens is 2. The van der Waals surface area contributed by atoms with Gasteiger partial charge in [0.2, 0.25) is 17.7 Å². The minimum absolute atomic E-state index is 0.0147. The predicted octanol–water partition coefficient (Wildman–Crippen LogP) is 2.74. The molecule has 1 N–H and O–H groups in total. The van der Waals surface area contributed by atoms with Gasteiger partial charge in [0, 0.05) is 51.1 Å². The fourth-order valence-electron chi connectivity index (χ4n) is 3.81. The van der Waals surface area contributed by atoms with Crippen molar-refractivity contribution in [2.45, 2.75) is 52.9 Å². The molecule has 0 atom stereocenters. The topological polar surface area (TPSA) is 91.6 Å². The van der Waals surface area contributed by atoms with E-state index in [-0.39, 0.29) is 11.8 Å². The van der Waals surface area contributed by atoms with E-state index in [1.165, 1.54) is 0 Å². The molecule has 1 aliphatic heterocycles. The van der Waals surface area contributed by atoms with Crippen molar-refractivity contribution in [3.63, 3.8) is 0 Å². The van der Waals surface area contributed by atoms with Gasteiger partial charge in [-0.05, 0) is 37.8 Å². The molecular formula is C23H33N5O3. The van der Waals surface area contributed by atoms with Crippen LogP contribution in [0.2, 0.25) is 0 Å². The number of benzene rings is 1. The summed E-state index contributed by atoms with van der Waals surface area (Å²) in [4.78, 5) is 33.3. The lowest BCUT2D eigenvalue weighted by atomic mass is 10.1. The van der Waals surface area contributed by atoms with E-state index < -0.39 is 0 Å². The number of hydrogen-bond donors (Lipinski definition) is 1.